The Kier molecular flexibility index (Phi) is 5.44. The number of imidazole rings is 1. The lowest BCUT2D eigenvalue weighted by atomic mass is 10.0. The lowest BCUT2D eigenvalue weighted by molar-refractivity contribution is 0.484. The van der Waals surface area contributed by atoms with Crippen LogP contribution in [0, 0.1) is 11.6 Å². The first-order valence-corrected chi connectivity index (χ1v) is 7.34. The van der Waals surface area contributed by atoms with Crippen molar-refractivity contribution in [2.75, 3.05) is 6.54 Å². The summed E-state index contributed by atoms with van der Waals surface area (Å²) in [6, 6.07) is 3.51. The maximum atomic E-state index is 14.0. The van der Waals surface area contributed by atoms with Crippen molar-refractivity contribution in [1.82, 2.24) is 14.9 Å². The summed E-state index contributed by atoms with van der Waals surface area (Å²) in [6.07, 6.45) is 5.28. The van der Waals surface area contributed by atoms with Gasteiger partial charge >= 0.3 is 0 Å². The van der Waals surface area contributed by atoms with Crippen molar-refractivity contribution in [2.24, 2.45) is 0 Å². The maximum absolute atomic E-state index is 14.0. The number of likely N-dealkylation sites (N-methyl/N-ethyl adjacent to an activating group) is 1. The number of halogens is 2. The number of nitrogens with zero attached hydrogens (tertiary/aromatic N) is 2. The SMILES string of the molecule is CCCn1ccnc1CC(NCC)c1ccc(F)cc1F. The standard InChI is InChI=1S/C16H21F2N3/c1-3-8-21-9-7-20-16(21)11-15(19-4-2)13-6-5-12(17)10-14(13)18/h5-7,9-10,15,19H,3-4,8,11H2,1-2H3. The molecule has 1 aromatic carbocycles. The summed E-state index contributed by atoms with van der Waals surface area (Å²) in [5, 5.41) is 3.25. The van der Waals surface area contributed by atoms with Gasteiger partial charge in [0.15, 0.2) is 0 Å². The first-order chi connectivity index (χ1) is 10.2. The zero-order valence-corrected chi connectivity index (χ0v) is 12.4. The largest absolute Gasteiger partial charge is 0.335 e. The van der Waals surface area contributed by atoms with Crippen LogP contribution in [0.4, 0.5) is 8.78 Å². The van der Waals surface area contributed by atoms with Gasteiger partial charge in [0.2, 0.25) is 0 Å². The molecule has 0 saturated carbocycles. The molecule has 0 fully saturated rings. The number of rotatable bonds is 7. The molecule has 0 aliphatic heterocycles. The smallest absolute Gasteiger partial charge is 0.130 e. The second kappa shape index (κ2) is 7.31. The molecule has 0 bridgehead atoms. The van der Waals surface area contributed by atoms with Crippen LogP contribution in [-0.2, 0) is 13.0 Å². The van der Waals surface area contributed by atoms with Gasteiger partial charge in [-0.25, -0.2) is 13.8 Å². The second-order valence-corrected chi connectivity index (χ2v) is 5.02. The second-order valence-electron chi connectivity index (χ2n) is 5.02. The number of hydrogen-bond donors (Lipinski definition) is 1. The molecule has 114 valence electrons. The van der Waals surface area contributed by atoms with Gasteiger partial charge in [0.1, 0.15) is 17.5 Å². The van der Waals surface area contributed by atoms with E-state index in [4.69, 9.17) is 0 Å². The fraction of sp³-hybridized carbons (Fsp3) is 0.438. The van der Waals surface area contributed by atoms with Gasteiger partial charge in [0.05, 0.1) is 0 Å². The Bertz CT molecular complexity index is 581. The number of aryl methyl sites for hydroxylation is 1. The molecule has 1 heterocycles. The molecule has 1 atom stereocenters. The summed E-state index contributed by atoms with van der Waals surface area (Å²) < 4.78 is 29.1. The summed E-state index contributed by atoms with van der Waals surface area (Å²) >= 11 is 0. The number of hydrogen-bond acceptors (Lipinski definition) is 2. The highest BCUT2D eigenvalue weighted by Crippen LogP contribution is 2.21. The molecule has 0 amide bonds. The van der Waals surface area contributed by atoms with Crippen LogP contribution in [0.15, 0.2) is 30.6 Å². The van der Waals surface area contributed by atoms with Crippen molar-refractivity contribution in [2.45, 2.75) is 39.3 Å². The Hall–Kier alpha value is -1.75. The predicted octanol–water partition coefficient (Wildman–Crippen LogP) is 3.46. The minimum absolute atomic E-state index is 0.214. The number of aromatic nitrogens is 2. The van der Waals surface area contributed by atoms with Crippen molar-refractivity contribution >= 4 is 0 Å². The average molecular weight is 293 g/mol. The van der Waals surface area contributed by atoms with Gasteiger partial charge in [-0.05, 0) is 19.0 Å². The molecule has 0 spiro atoms. The molecule has 0 aliphatic carbocycles. The third kappa shape index (κ3) is 3.88. The van der Waals surface area contributed by atoms with E-state index in [1.165, 1.54) is 12.1 Å². The Morgan fingerprint density at radius 3 is 2.76 bits per heavy atom. The van der Waals surface area contributed by atoms with Crippen LogP contribution in [0.1, 0.15) is 37.7 Å². The zero-order chi connectivity index (χ0) is 15.2. The molecule has 0 radical (unpaired) electrons. The fourth-order valence-electron chi connectivity index (χ4n) is 2.48. The van der Waals surface area contributed by atoms with E-state index in [0.717, 1.165) is 24.9 Å². The normalized spacial score (nSPS) is 12.6. The molecule has 0 saturated heterocycles. The van der Waals surface area contributed by atoms with Crippen LogP contribution in [0.2, 0.25) is 0 Å². The molecule has 1 aromatic heterocycles. The molecule has 0 aliphatic rings. The highest BCUT2D eigenvalue weighted by molar-refractivity contribution is 5.23. The molecular weight excluding hydrogens is 272 g/mol. The van der Waals surface area contributed by atoms with Gasteiger partial charge in [0, 0.05) is 43.0 Å². The van der Waals surface area contributed by atoms with Gasteiger partial charge in [-0.15, -0.1) is 0 Å². The van der Waals surface area contributed by atoms with Crippen molar-refractivity contribution in [1.29, 1.82) is 0 Å². The topological polar surface area (TPSA) is 29.9 Å². The molecule has 1 N–H and O–H groups in total. The summed E-state index contributed by atoms with van der Waals surface area (Å²) in [6.45, 7) is 5.66. The fourth-order valence-corrected chi connectivity index (χ4v) is 2.48. The summed E-state index contributed by atoms with van der Waals surface area (Å²) in [5.41, 5.74) is 0.476. The molecule has 2 rings (SSSR count). The Morgan fingerprint density at radius 1 is 1.29 bits per heavy atom. The van der Waals surface area contributed by atoms with Gasteiger partial charge in [-0.2, -0.15) is 0 Å². The first-order valence-electron chi connectivity index (χ1n) is 7.34. The number of benzene rings is 1. The minimum Gasteiger partial charge on any atom is -0.335 e. The van der Waals surface area contributed by atoms with Crippen LogP contribution in [0.5, 0.6) is 0 Å². The quantitative estimate of drug-likeness (QED) is 0.847. The summed E-state index contributed by atoms with van der Waals surface area (Å²) in [4.78, 5) is 4.36. The van der Waals surface area contributed by atoms with E-state index in [2.05, 4.69) is 21.8 Å². The Balaban J connectivity index is 2.24. The Labute approximate surface area is 124 Å². The molecular formula is C16H21F2N3. The molecule has 3 nitrogen and oxygen atoms in total. The van der Waals surface area contributed by atoms with E-state index < -0.39 is 11.6 Å². The predicted molar refractivity (Wildman–Crippen MR) is 79.0 cm³/mol. The zero-order valence-electron chi connectivity index (χ0n) is 12.4. The highest BCUT2D eigenvalue weighted by atomic mass is 19.1. The van der Waals surface area contributed by atoms with Gasteiger partial charge in [0.25, 0.3) is 0 Å². The van der Waals surface area contributed by atoms with E-state index in [0.29, 0.717) is 18.5 Å². The van der Waals surface area contributed by atoms with Crippen LogP contribution in [-0.4, -0.2) is 16.1 Å². The monoisotopic (exact) mass is 293 g/mol. The van der Waals surface area contributed by atoms with E-state index in [1.54, 1.807) is 6.20 Å². The molecule has 21 heavy (non-hydrogen) atoms. The molecule has 5 heteroatoms. The highest BCUT2D eigenvalue weighted by Gasteiger charge is 2.18. The number of nitrogens with one attached hydrogen (secondary N) is 1. The van der Waals surface area contributed by atoms with Gasteiger partial charge in [-0.1, -0.05) is 19.9 Å². The van der Waals surface area contributed by atoms with E-state index in [-0.39, 0.29) is 6.04 Å². The van der Waals surface area contributed by atoms with Crippen molar-refractivity contribution in [3.63, 3.8) is 0 Å². The molecule has 1 unspecified atom stereocenters. The van der Waals surface area contributed by atoms with Crippen LogP contribution in [0.25, 0.3) is 0 Å². The first kappa shape index (κ1) is 15.6. The lowest BCUT2D eigenvalue weighted by Gasteiger charge is -2.19. The van der Waals surface area contributed by atoms with Crippen molar-refractivity contribution in [3.05, 3.63) is 53.6 Å². The Morgan fingerprint density at radius 2 is 2.10 bits per heavy atom. The summed E-state index contributed by atoms with van der Waals surface area (Å²) in [7, 11) is 0. The third-order valence-corrected chi connectivity index (χ3v) is 3.44. The van der Waals surface area contributed by atoms with Crippen LogP contribution in [0.3, 0.4) is 0 Å². The lowest BCUT2D eigenvalue weighted by Crippen LogP contribution is -2.25. The van der Waals surface area contributed by atoms with Crippen molar-refractivity contribution < 1.29 is 8.78 Å². The third-order valence-electron chi connectivity index (χ3n) is 3.44. The van der Waals surface area contributed by atoms with Gasteiger partial charge < -0.3 is 9.88 Å². The van der Waals surface area contributed by atoms with E-state index in [1.807, 2.05) is 13.1 Å². The van der Waals surface area contributed by atoms with Crippen LogP contribution >= 0.6 is 0 Å². The van der Waals surface area contributed by atoms with E-state index in [9.17, 15) is 8.78 Å². The van der Waals surface area contributed by atoms with Crippen LogP contribution < -0.4 is 5.32 Å². The summed E-state index contributed by atoms with van der Waals surface area (Å²) in [5.74, 6) is -0.167. The minimum atomic E-state index is -0.556. The van der Waals surface area contributed by atoms with E-state index >= 15 is 0 Å². The maximum Gasteiger partial charge on any atom is 0.130 e. The van der Waals surface area contributed by atoms with Gasteiger partial charge in [-0.3, -0.25) is 0 Å². The average Bonchev–Trinajstić information content (AvgIpc) is 2.86. The molecule has 2 aromatic rings. The van der Waals surface area contributed by atoms with Crippen molar-refractivity contribution in [3.8, 4) is 0 Å².